The second-order valence-corrected chi connectivity index (χ2v) is 8.16. The molecule has 0 aromatic heterocycles. The van der Waals surface area contributed by atoms with Crippen molar-refractivity contribution in [2.75, 3.05) is 6.54 Å². The SMILES string of the molecule is NCCCCC(C(C(=O)O)P(=O)(O)O)C(C(=O)O)P(=O)(O)O. The topological polar surface area (TPSA) is 216 Å². The van der Waals surface area contributed by atoms with E-state index in [4.69, 9.17) is 35.5 Å². The molecule has 0 saturated heterocycles. The smallest absolute Gasteiger partial charge is 0.340 e. The van der Waals surface area contributed by atoms with Crippen molar-refractivity contribution in [1.29, 1.82) is 0 Å². The molecule has 2 atom stereocenters. The zero-order valence-electron chi connectivity index (χ0n) is 11.3. The van der Waals surface area contributed by atoms with Gasteiger partial charge < -0.3 is 35.5 Å². The molecule has 130 valence electrons. The summed E-state index contributed by atoms with van der Waals surface area (Å²) in [6.07, 6.45) is -0.0758. The van der Waals surface area contributed by atoms with E-state index in [9.17, 15) is 18.7 Å². The van der Waals surface area contributed by atoms with E-state index < -0.39 is 50.8 Å². The van der Waals surface area contributed by atoms with Crippen molar-refractivity contribution >= 4 is 27.1 Å². The highest BCUT2D eigenvalue weighted by Gasteiger charge is 2.53. The van der Waals surface area contributed by atoms with Crippen molar-refractivity contribution in [3.8, 4) is 0 Å². The third-order valence-corrected chi connectivity index (χ3v) is 5.69. The predicted octanol–water partition coefficient (Wildman–Crippen LogP) is -1.01. The van der Waals surface area contributed by atoms with Crippen LogP contribution in [0.2, 0.25) is 0 Å². The van der Waals surface area contributed by atoms with E-state index in [0.29, 0.717) is 0 Å². The Bertz CT molecular complexity index is 457. The lowest BCUT2D eigenvalue weighted by molar-refractivity contribution is -0.140. The quantitative estimate of drug-likeness (QED) is 0.184. The molecule has 0 bridgehead atoms. The van der Waals surface area contributed by atoms with Crippen LogP contribution in [-0.4, -0.2) is 59.6 Å². The van der Waals surface area contributed by atoms with Crippen molar-refractivity contribution < 1.29 is 48.5 Å². The van der Waals surface area contributed by atoms with Gasteiger partial charge in [-0.1, -0.05) is 6.42 Å². The van der Waals surface area contributed by atoms with Crippen molar-refractivity contribution in [2.45, 2.75) is 30.6 Å². The first kappa shape index (κ1) is 21.2. The number of carbonyl (C=O) groups is 2. The minimum Gasteiger partial charge on any atom is -0.481 e. The number of nitrogens with two attached hydrogens (primary N) is 1. The Morgan fingerprint density at radius 3 is 1.45 bits per heavy atom. The summed E-state index contributed by atoms with van der Waals surface area (Å²) in [5.41, 5.74) is 0.161. The second kappa shape index (κ2) is 8.16. The van der Waals surface area contributed by atoms with Gasteiger partial charge in [-0.2, -0.15) is 0 Å². The largest absolute Gasteiger partial charge is 0.481 e. The molecule has 11 nitrogen and oxygen atoms in total. The summed E-state index contributed by atoms with van der Waals surface area (Å²) < 4.78 is 22.7. The van der Waals surface area contributed by atoms with Gasteiger partial charge in [0.25, 0.3) is 0 Å². The zero-order chi connectivity index (χ0) is 17.7. The molecule has 2 unspecified atom stereocenters. The summed E-state index contributed by atoms with van der Waals surface area (Å²) >= 11 is 0. The summed E-state index contributed by atoms with van der Waals surface area (Å²) in [4.78, 5) is 58.7. The maximum Gasteiger partial charge on any atom is 0.340 e. The lowest BCUT2D eigenvalue weighted by atomic mass is 9.94. The average Bonchev–Trinajstić information content (AvgIpc) is 2.23. The van der Waals surface area contributed by atoms with E-state index in [1.54, 1.807) is 0 Å². The normalized spacial score (nSPS) is 16.8. The second-order valence-electron chi connectivity index (χ2n) is 4.69. The Morgan fingerprint density at radius 1 is 0.864 bits per heavy atom. The molecule has 0 spiro atoms. The summed E-state index contributed by atoms with van der Waals surface area (Å²) in [5.74, 6) is -5.99. The molecule has 8 N–H and O–H groups in total. The van der Waals surface area contributed by atoms with Crippen LogP contribution >= 0.6 is 15.2 Å². The molecule has 0 aromatic carbocycles. The van der Waals surface area contributed by atoms with Crippen LogP contribution in [0.4, 0.5) is 0 Å². The Kier molecular flexibility index (Phi) is 7.87. The van der Waals surface area contributed by atoms with E-state index in [2.05, 4.69) is 0 Å². The van der Waals surface area contributed by atoms with Gasteiger partial charge in [-0.15, -0.1) is 0 Å². The Labute approximate surface area is 125 Å². The standard InChI is InChI=1S/C9H19NO10P2/c10-4-2-1-3-5(6(8(11)12)21(15,16)17)7(9(13)14)22(18,19)20/h5-7H,1-4,10H2,(H,11,12)(H,13,14)(H2,15,16,17)(H2,18,19,20). The van der Waals surface area contributed by atoms with Crippen LogP contribution in [-0.2, 0) is 18.7 Å². The van der Waals surface area contributed by atoms with E-state index in [0.717, 1.165) is 0 Å². The van der Waals surface area contributed by atoms with Gasteiger partial charge in [0.15, 0.2) is 11.3 Å². The third kappa shape index (κ3) is 6.13. The number of carboxylic acids is 2. The van der Waals surface area contributed by atoms with Gasteiger partial charge in [-0.25, -0.2) is 0 Å². The third-order valence-electron chi connectivity index (χ3n) is 3.03. The highest BCUT2D eigenvalue weighted by Crippen LogP contribution is 2.54. The van der Waals surface area contributed by atoms with Gasteiger partial charge in [0.05, 0.1) is 0 Å². The number of hydrogen-bond acceptors (Lipinski definition) is 5. The van der Waals surface area contributed by atoms with Crippen molar-refractivity contribution in [2.24, 2.45) is 11.7 Å². The van der Waals surface area contributed by atoms with Crippen LogP contribution in [0.3, 0.4) is 0 Å². The fourth-order valence-electron chi connectivity index (χ4n) is 2.17. The number of unbranched alkanes of at least 4 members (excludes halogenated alkanes) is 1. The number of carboxylic acid groups (broad SMARTS) is 2. The molecule has 0 rings (SSSR count). The van der Waals surface area contributed by atoms with Crippen LogP contribution in [0.25, 0.3) is 0 Å². The van der Waals surface area contributed by atoms with Gasteiger partial charge in [-0.3, -0.25) is 18.7 Å². The fraction of sp³-hybridized carbons (Fsp3) is 0.778. The number of aliphatic carboxylic acids is 2. The minimum absolute atomic E-state index is 0.0642. The van der Waals surface area contributed by atoms with E-state index in [-0.39, 0.29) is 19.4 Å². The first-order valence-corrected chi connectivity index (χ1v) is 9.46. The summed E-state index contributed by atoms with van der Waals surface area (Å²) in [6.45, 7) is 0.147. The fourth-order valence-corrected chi connectivity index (χ4v) is 4.52. The van der Waals surface area contributed by atoms with Crippen LogP contribution in [0.1, 0.15) is 19.3 Å². The summed E-state index contributed by atoms with van der Waals surface area (Å²) in [7, 11) is -10.7. The van der Waals surface area contributed by atoms with Gasteiger partial charge in [0.2, 0.25) is 0 Å². The zero-order valence-corrected chi connectivity index (χ0v) is 13.1. The Balaban J connectivity index is 5.87. The van der Waals surface area contributed by atoms with Gasteiger partial charge in [0.1, 0.15) is 0 Å². The molecular formula is C9H19NO10P2. The lowest BCUT2D eigenvalue weighted by Gasteiger charge is -2.29. The number of rotatable bonds is 10. The molecule has 0 amide bonds. The maximum atomic E-state index is 11.3. The Hall–Kier alpha value is -0.800. The highest BCUT2D eigenvalue weighted by molar-refractivity contribution is 7.55. The molecule has 13 heteroatoms. The van der Waals surface area contributed by atoms with Crippen molar-refractivity contribution in [3.63, 3.8) is 0 Å². The molecule has 0 saturated carbocycles. The molecule has 0 fully saturated rings. The van der Waals surface area contributed by atoms with E-state index in [1.807, 2.05) is 0 Å². The van der Waals surface area contributed by atoms with E-state index in [1.165, 1.54) is 0 Å². The Morgan fingerprint density at radius 2 is 1.23 bits per heavy atom. The number of hydrogen-bond donors (Lipinski definition) is 7. The van der Waals surface area contributed by atoms with Gasteiger partial charge in [-0.05, 0) is 19.4 Å². The van der Waals surface area contributed by atoms with Gasteiger partial charge in [0, 0.05) is 5.92 Å². The molecule has 22 heavy (non-hydrogen) atoms. The van der Waals surface area contributed by atoms with Crippen LogP contribution < -0.4 is 5.73 Å². The van der Waals surface area contributed by atoms with Crippen LogP contribution in [0.15, 0.2) is 0 Å². The molecule has 0 aliphatic heterocycles. The molecule has 0 aromatic rings. The van der Waals surface area contributed by atoms with Crippen LogP contribution in [0.5, 0.6) is 0 Å². The molecule has 0 aliphatic rings. The highest BCUT2D eigenvalue weighted by atomic mass is 31.2. The molecule has 0 aliphatic carbocycles. The lowest BCUT2D eigenvalue weighted by Crippen LogP contribution is -2.41. The molecular weight excluding hydrogens is 344 g/mol. The van der Waals surface area contributed by atoms with Crippen molar-refractivity contribution in [1.82, 2.24) is 0 Å². The molecule has 0 radical (unpaired) electrons. The monoisotopic (exact) mass is 363 g/mol. The van der Waals surface area contributed by atoms with Crippen LogP contribution in [0, 0.1) is 5.92 Å². The van der Waals surface area contributed by atoms with Crippen molar-refractivity contribution in [3.05, 3.63) is 0 Å². The van der Waals surface area contributed by atoms with E-state index >= 15 is 0 Å². The first-order valence-electron chi connectivity index (χ1n) is 6.10. The summed E-state index contributed by atoms with van der Waals surface area (Å²) in [5, 5.41) is 17.9. The predicted molar refractivity (Wildman–Crippen MR) is 73.3 cm³/mol. The van der Waals surface area contributed by atoms with Gasteiger partial charge >= 0.3 is 27.1 Å². The minimum atomic E-state index is -5.34. The summed E-state index contributed by atoms with van der Waals surface area (Å²) in [6, 6.07) is 0. The maximum absolute atomic E-state index is 11.3. The first-order chi connectivity index (χ1) is 9.84. The molecule has 0 heterocycles. The average molecular weight is 363 g/mol.